The third kappa shape index (κ3) is 1.69. The SMILES string of the molecule is C=CC[C@@H](O)c1ccsc1. The van der Waals surface area contributed by atoms with Crippen LogP contribution in [-0.4, -0.2) is 5.11 Å². The Morgan fingerprint density at radius 1 is 1.80 bits per heavy atom. The number of thiophene rings is 1. The largest absolute Gasteiger partial charge is 0.388 e. The highest BCUT2D eigenvalue weighted by atomic mass is 32.1. The molecule has 0 saturated heterocycles. The van der Waals surface area contributed by atoms with Crippen molar-refractivity contribution in [3.63, 3.8) is 0 Å². The van der Waals surface area contributed by atoms with Crippen LogP contribution in [0.2, 0.25) is 0 Å². The normalized spacial score (nSPS) is 12.9. The first-order chi connectivity index (χ1) is 4.84. The first kappa shape index (κ1) is 7.51. The molecular formula is C8H10OS. The van der Waals surface area contributed by atoms with Crippen molar-refractivity contribution in [3.8, 4) is 0 Å². The van der Waals surface area contributed by atoms with Gasteiger partial charge in [-0.15, -0.1) is 6.58 Å². The lowest BCUT2D eigenvalue weighted by Gasteiger charge is -2.02. The number of aliphatic hydroxyl groups is 1. The van der Waals surface area contributed by atoms with Gasteiger partial charge in [-0.2, -0.15) is 11.3 Å². The minimum atomic E-state index is -0.358. The van der Waals surface area contributed by atoms with Crippen LogP contribution in [0, 0.1) is 0 Å². The van der Waals surface area contributed by atoms with E-state index in [0.717, 1.165) is 5.56 Å². The van der Waals surface area contributed by atoms with Gasteiger partial charge in [0.1, 0.15) is 0 Å². The zero-order valence-electron chi connectivity index (χ0n) is 5.66. The molecule has 1 rings (SSSR count). The molecule has 54 valence electrons. The van der Waals surface area contributed by atoms with Crippen molar-refractivity contribution in [2.75, 3.05) is 0 Å². The third-order valence-electron chi connectivity index (χ3n) is 1.32. The molecule has 1 N–H and O–H groups in total. The maximum atomic E-state index is 9.34. The topological polar surface area (TPSA) is 20.2 Å². The minimum absolute atomic E-state index is 0.358. The summed E-state index contributed by atoms with van der Waals surface area (Å²) in [4.78, 5) is 0. The van der Waals surface area contributed by atoms with E-state index in [4.69, 9.17) is 0 Å². The Labute approximate surface area is 64.6 Å². The Balaban J connectivity index is 2.58. The van der Waals surface area contributed by atoms with Gasteiger partial charge < -0.3 is 5.11 Å². The second kappa shape index (κ2) is 3.54. The molecule has 1 nitrogen and oxygen atoms in total. The standard InChI is InChI=1S/C8H10OS/c1-2-3-8(9)7-4-5-10-6-7/h2,4-6,8-9H,1,3H2/t8-/m1/s1. The van der Waals surface area contributed by atoms with Crippen molar-refractivity contribution in [1.29, 1.82) is 0 Å². The van der Waals surface area contributed by atoms with Crippen molar-refractivity contribution in [2.45, 2.75) is 12.5 Å². The lowest BCUT2D eigenvalue weighted by Crippen LogP contribution is -1.91. The van der Waals surface area contributed by atoms with Crippen molar-refractivity contribution in [1.82, 2.24) is 0 Å². The van der Waals surface area contributed by atoms with Gasteiger partial charge in [0.15, 0.2) is 0 Å². The van der Waals surface area contributed by atoms with Gasteiger partial charge in [-0.1, -0.05) is 6.08 Å². The van der Waals surface area contributed by atoms with E-state index in [0.29, 0.717) is 6.42 Å². The highest BCUT2D eigenvalue weighted by molar-refractivity contribution is 7.07. The Bertz CT molecular complexity index is 191. The smallest absolute Gasteiger partial charge is 0.0832 e. The zero-order chi connectivity index (χ0) is 7.40. The third-order valence-corrected chi connectivity index (χ3v) is 2.02. The van der Waals surface area contributed by atoms with Gasteiger partial charge in [0.25, 0.3) is 0 Å². The molecule has 0 saturated carbocycles. The van der Waals surface area contributed by atoms with E-state index in [2.05, 4.69) is 6.58 Å². The molecule has 0 unspecified atom stereocenters. The summed E-state index contributed by atoms with van der Waals surface area (Å²) in [6.45, 7) is 3.55. The fraction of sp³-hybridized carbons (Fsp3) is 0.250. The first-order valence-corrected chi connectivity index (χ1v) is 4.10. The monoisotopic (exact) mass is 154 g/mol. The predicted octanol–water partition coefficient (Wildman–Crippen LogP) is 2.36. The van der Waals surface area contributed by atoms with E-state index in [1.165, 1.54) is 0 Å². The lowest BCUT2D eigenvalue weighted by molar-refractivity contribution is 0.182. The number of hydrogen-bond acceptors (Lipinski definition) is 2. The van der Waals surface area contributed by atoms with E-state index in [1.807, 2.05) is 16.8 Å². The molecule has 0 fully saturated rings. The predicted molar refractivity (Wildman–Crippen MR) is 44.1 cm³/mol. The summed E-state index contributed by atoms with van der Waals surface area (Å²) in [7, 11) is 0. The molecule has 0 amide bonds. The second-order valence-corrected chi connectivity index (χ2v) is 2.88. The van der Waals surface area contributed by atoms with Gasteiger partial charge in [0.05, 0.1) is 6.10 Å². The average molecular weight is 154 g/mol. The minimum Gasteiger partial charge on any atom is -0.388 e. The molecule has 0 spiro atoms. The van der Waals surface area contributed by atoms with Crippen LogP contribution < -0.4 is 0 Å². The molecular weight excluding hydrogens is 144 g/mol. The summed E-state index contributed by atoms with van der Waals surface area (Å²) < 4.78 is 0. The molecule has 1 aromatic rings. The van der Waals surface area contributed by atoms with E-state index in [-0.39, 0.29) is 6.10 Å². The molecule has 0 aliphatic carbocycles. The summed E-state index contributed by atoms with van der Waals surface area (Å²) in [6.07, 6.45) is 2.00. The van der Waals surface area contributed by atoms with Crippen molar-refractivity contribution in [2.24, 2.45) is 0 Å². The quantitative estimate of drug-likeness (QED) is 0.663. The molecule has 1 atom stereocenters. The van der Waals surface area contributed by atoms with Crippen LogP contribution in [0.5, 0.6) is 0 Å². The Morgan fingerprint density at radius 2 is 2.60 bits per heavy atom. The number of aliphatic hydroxyl groups excluding tert-OH is 1. The van der Waals surface area contributed by atoms with Crippen LogP contribution >= 0.6 is 11.3 Å². The van der Waals surface area contributed by atoms with Gasteiger partial charge in [-0.3, -0.25) is 0 Å². The van der Waals surface area contributed by atoms with Gasteiger partial charge in [0.2, 0.25) is 0 Å². The fourth-order valence-corrected chi connectivity index (χ4v) is 1.47. The molecule has 1 heterocycles. The van der Waals surface area contributed by atoms with Gasteiger partial charge in [-0.05, 0) is 28.8 Å². The summed E-state index contributed by atoms with van der Waals surface area (Å²) in [5.74, 6) is 0. The van der Waals surface area contributed by atoms with E-state index < -0.39 is 0 Å². The Kier molecular flexibility index (Phi) is 2.66. The first-order valence-electron chi connectivity index (χ1n) is 3.15. The van der Waals surface area contributed by atoms with E-state index >= 15 is 0 Å². The molecule has 0 aliphatic heterocycles. The van der Waals surface area contributed by atoms with Crippen LogP contribution in [0.25, 0.3) is 0 Å². The van der Waals surface area contributed by atoms with E-state index in [1.54, 1.807) is 17.4 Å². The molecule has 0 aliphatic rings. The molecule has 0 radical (unpaired) electrons. The van der Waals surface area contributed by atoms with Crippen LogP contribution in [-0.2, 0) is 0 Å². The van der Waals surface area contributed by atoms with Crippen molar-refractivity contribution < 1.29 is 5.11 Å². The maximum Gasteiger partial charge on any atom is 0.0832 e. The summed E-state index contributed by atoms with van der Waals surface area (Å²) >= 11 is 1.60. The molecule has 0 aromatic carbocycles. The van der Waals surface area contributed by atoms with Crippen molar-refractivity contribution in [3.05, 3.63) is 35.0 Å². The van der Waals surface area contributed by atoms with Crippen LogP contribution in [0.15, 0.2) is 29.5 Å². The van der Waals surface area contributed by atoms with Crippen LogP contribution in [0.3, 0.4) is 0 Å². The summed E-state index contributed by atoms with van der Waals surface area (Å²) in [6, 6.07) is 1.93. The highest BCUT2D eigenvalue weighted by Crippen LogP contribution is 2.18. The van der Waals surface area contributed by atoms with E-state index in [9.17, 15) is 5.11 Å². The van der Waals surface area contributed by atoms with Gasteiger partial charge >= 0.3 is 0 Å². The van der Waals surface area contributed by atoms with Crippen LogP contribution in [0.1, 0.15) is 18.1 Å². The molecule has 2 heteroatoms. The van der Waals surface area contributed by atoms with Gasteiger partial charge in [-0.25, -0.2) is 0 Å². The number of rotatable bonds is 3. The second-order valence-electron chi connectivity index (χ2n) is 2.10. The summed E-state index contributed by atoms with van der Waals surface area (Å²) in [5.41, 5.74) is 0.991. The Hall–Kier alpha value is -0.600. The molecule has 10 heavy (non-hydrogen) atoms. The summed E-state index contributed by atoms with van der Waals surface area (Å²) in [5, 5.41) is 13.3. The zero-order valence-corrected chi connectivity index (χ0v) is 6.47. The number of hydrogen-bond donors (Lipinski definition) is 1. The average Bonchev–Trinajstić information content (AvgIpc) is 2.38. The molecule has 0 bridgehead atoms. The van der Waals surface area contributed by atoms with Crippen molar-refractivity contribution >= 4 is 11.3 Å². The Morgan fingerprint density at radius 3 is 3.10 bits per heavy atom. The van der Waals surface area contributed by atoms with Gasteiger partial charge in [0, 0.05) is 0 Å². The fourth-order valence-electron chi connectivity index (χ4n) is 0.759. The molecule has 1 aromatic heterocycles. The van der Waals surface area contributed by atoms with Crippen LogP contribution in [0.4, 0.5) is 0 Å². The highest BCUT2D eigenvalue weighted by Gasteiger charge is 2.03. The lowest BCUT2D eigenvalue weighted by atomic mass is 10.1. The maximum absolute atomic E-state index is 9.34.